The van der Waals surface area contributed by atoms with Gasteiger partial charge in [-0.25, -0.2) is 4.98 Å². The average molecular weight is 620 g/mol. The number of methoxy groups -OCH3 is 1. The number of halogens is 5. The van der Waals surface area contributed by atoms with Crippen LogP contribution in [0.15, 0.2) is 40.0 Å². The second-order valence-electron chi connectivity index (χ2n) is 9.44. The van der Waals surface area contributed by atoms with Gasteiger partial charge in [-0.2, -0.15) is 18.3 Å². The minimum atomic E-state index is -4.65. The summed E-state index contributed by atoms with van der Waals surface area (Å²) >= 11 is 9.83. The van der Waals surface area contributed by atoms with E-state index < -0.39 is 36.2 Å². The van der Waals surface area contributed by atoms with Crippen molar-refractivity contribution < 1.29 is 32.5 Å². The highest BCUT2D eigenvalue weighted by Crippen LogP contribution is 2.40. The van der Waals surface area contributed by atoms with Gasteiger partial charge in [-0.15, -0.1) is 0 Å². The number of hydrogen-bond acceptors (Lipinski definition) is 7. The van der Waals surface area contributed by atoms with E-state index >= 15 is 0 Å². The van der Waals surface area contributed by atoms with Crippen LogP contribution < -0.4 is 19.4 Å². The molecule has 4 rings (SSSR count). The van der Waals surface area contributed by atoms with Gasteiger partial charge in [0, 0.05) is 37.4 Å². The van der Waals surface area contributed by atoms with Gasteiger partial charge in [-0.3, -0.25) is 9.80 Å². The minimum absolute atomic E-state index is 0.114. The van der Waals surface area contributed by atoms with Gasteiger partial charge in [0.25, 0.3) is 0 Å². The van der Waals surface area contributed by atoms with Crippen LogP contribution in [0.4, 0.5) is 24.5 Å². The van der Waals surface area contributed by atoms with Crippen molar-refractivity contribution in [3.8, 4) is 11.6 Å². The molecule has 0 radical (unpaired) electrons. The van der Waals surface area contributed by atoms with E-state index in [0.717, 1.165) is 10.7 Å². The number of carbonyl (C=O) groups is 1. The third kappa shape index (κ3) is 5.96. The Morgan fingerprint density at radius 3 is 2.63 bits per heavy atom. The summed E-state index contributed by atoms with van der Waals surface area (Å²) in [6.45, 7) is 4.79. The van der Waals surface area contributed by atoms with Crippen LogP contribution in [0.3, 0.4) is 0 Å². The molecule has 206 valence electrons. The van der Waals surface area contributed by atoms with Gasteiger partial charge in [0.05, 0.1) is 46.6 Å². The quantitative estimate of drug-likeness (QED) is 0.406. The van der Waals surface area contributed by atoms with Crippen molar-refractivity contribution in [3.05, 3.63) is 40.0 Å². The Bertz CT molecular complexity index is 1230. The van der Waals surface area contributed by atoms with Crippen LogP contribution in [-0.2, 0) is 4.79 Å². The molecule has 1 aromatic heterocycles. The smallest absolute Gasteiger partial charge is 0.431 e. The summed E-state index contributed by atoms with van der Waals surface area (Å²) in [5.41, 5.74) is 0.183. The fourth-order valence-electron chi connectivity index (χ4n) is 4.85. The van der Waals surface area contributed by atoms with Crippen LogP contribution in [-0.4, -0.2) is 60.3 Å². The van der Waals surface area contributed by atoms with Crippen molar-refractivity contribution in [2.24, 2.45) is 16.9 Å². The number of benzene rings is 1. The monoisotopic (exact) mass is 618 g/mol. The lowest BCUT2D eigenvalue weighted by atomic mass is 9.94. The van der Waals surface area contributed by atoms with E-state index in [2.05, 4.69) is 37.8 Å². The van der Waals surface area contributed by atoms with Crippen molar-refractivity contribution in [2.45, 2.75) is 45.0 Å². The Labute approximate surface area is 231 Å². The zero-order valence-corrected chi connectivity index (χ0v) is 23.2. The molecule has 2 aliphatic rings. The molecule has 2 aliphatic heterocycles. The van der Waals surface area contributed by atoms with E-state index in [1.165, 1.54) is 6.92 Å². The third-order valence-electron chi connectivity index (χ3n) is 6.86. The van der Waals surface area contributed by atoms with Gasteiger partial charge in [0.15, 0.2) is 0 Å². The van der Waals surface area contributed by atoms with Gasteiger partial charge in [-0.05, 0) is 34.1 Å². The van der Waals surface area contributed by atoms with Crippen LogP contribution in [0.1, 0.15) is 26.7 Å². The molecule has 2 aromatic rings. The number of anilines is 2. The molecule has 1 N–H and O–H groups in total. The highest BCUT2D eigenvalue weighted by Gasteiger charge is 2.48. The van der Waals surface area contributed by atoms with Gasteiger partial charge in [0.1, 0.15) is 17.6 Å². The molecule has 4 unspecified atom stereocenters. The van der Waals surface area contributed by atoms with Gasteiger partial charge < -0.3 is 19.5 Å². The summed E-state index contributed by atoms with van der Waals surface area (Å²) in [7, 11) is 1.55. The fraction of sp³-hybridized carbons (Fsp3) is 0.480. The Morgan fingerprint density at radius 1 is 1.29 bits per heavy atom. The maximum atomic E-state index is 13.5. The largest absolute Gasteiger partial charge is 0.489 e. The van der Waals surface area contributed by atoms with Crippen molar-refractivity contribution in [2.75, 3.05) is 30.1 Å². The van der Waals surface area contributed by atoms with Gasteiger partial charge >= 0.3 is 12.1 Å². The zero-order valence-electron chi connectivity index (χ0n) is 20.9. The molecule has 8 nitrogen and oxygen atoms in total. The first kappa shape index (κ1) is 28.3. The number of alkyl halides is 3. The van der Waals surface area contributed by atoms with Crippen molar-refractivity contribution in [3.63, 3.8) is 0 Å². The lowest BCUT2D eigenvalue weighted by molar-refractivity contribution is -0.137. The van der Waals surface area contributed by atoms with Crippen LogP contribution in [0.25, 0.3) is 0 Å². The summed E-state index contributed by atoms with van der Waals surface area (Å²) in [4.78, 5) is 17.6. The maximum Gasteiger partial charge on any atom is 0.431 e. The molecule has 38 heavy (non-hydrogen) atoms. The second-order valence-corrected chi connectivity index (χ2v) is 10.7. The molecule has 1 saturated heterocycles. The zero-order chi connectivity index (χ0) is 27.8. The Morgan fingerprint density at radius 2 is 2.03 bits per heavy atom. The molecule has 13 heteroatoms. The van der Waals surface area contributed by atoms with E-state index in [1.807, 2.05) is 0 Å². The predicted molar refractivity (Wildman–Crippen MR) is 142 cm³/mol. The molecule has 4 atom stereocenters. The number of pyridine rings is 1. The van der Waals surface area contributed by atoms with Crippen molar-refractivity contribution >= 4 is 50.6 Å². The molecule has 3 heterocycles. The summed E-state index contributed by atoms with van der Waals surface area (Å²) in [6.07, 6.45) is -2.98. The van der Waals surface area contributed by atoms with Gasteiger partial charge in [-0.1, -0.05) is 25.4 Å². The topological polar surface area (TPSA) is 87.5 Å². The van der Waals surface area contributed by atoms with Crippen LogP contribution in [0.5, 0.6) is 11.6 Å². The number of hydrogen-bond donors (Lipinski definition) is 1. The van der Waals surface area contributed by atoms with Crippen molar-refractivity contribution in [1.82, 2.24) is 4.98 Å². The van der Waals surface area contributed by atoms with E-state index in [9.17, 15) is 23.1 Å². The third-order valence-corrected chi connectivity index (χ3v) is 7.77. The molecule has 1 fully saturated rings. The number of rotatable bonds is 7. The summed E-state index contributed by atoms with van der Waals surface area (Å²) in [5, 5.41) is 14.7. The van der Waals surface area contributed by atoms with E-state index in [4.69, 9.17) is 21.1 Å². The van der Waals surface area contributed by atoms with E-state index in [1.54, 1.807) is 37.6 Å². The molecule has 0 bridgehead atoms. The first-order chi connectivity index (χ1) is 17.9. The Kier molecular flexibility index (Phi) is 8.32. The van der Waals surface area contributed by atoms with Crippen LogP contribution >= 0.6 is 27.5 Å². The number of carboxylic acids is 1. The minimum Gasteiger partial charge on any atom is -0.489 e. The highest BCUT2D eigenvalue weighted by molar-refractivity contribution is 9.10. The highest BCUT2D eigenvalue weighted by atomic mass is 79.9. The SMILES string of the molecule is COc1cc(N2CCC(Oc3ccc(N4N=C(C(F)(F)F)C(C)C4CC(=O)O)cc3Br)C(C)C2)c(Cl)cn1. The van der Waals surface area contributed by atoms with Crippen LogP contribution in [0, 0.1) is 11.8 Å². The number of hydrazone groups is 1. The lowest BCUT2D eigenvalue weighted by Crippen LogP contribution is -2.44. The van der Waals surface area contributed by atoms with Gasteiger partial charge in [0.2, 0.25) is 5.88 Å². The first-order valence-corrected chi connectivity index (χ1v) is 13.1. The fourth-order valence-corrected chi connectivity index (χ4v) is 5.54. The second kappa shape index (κ2) is 11.2. The standard InChI is InChI=1S/C25H27BrClF3N4O4/c1-13-12-33(19-9-22(37-3)31-11-17(19)27)7-6-20(13)38-21-5-4-15(8-16(21)26)34-18(10-23(35)36)14(2)24(32-34)25(28,29)30/h4-5,8-9,11,13-14,18,20H,6-7,10,12H2,1-3H3,(H,35,36). The van der Waals surface area contributed by atoms with Crippen molar-refractivity contribution in [1.29, 1.82) is 0 Å². The summed E-state index contributed by atoms with van der Waals surface area (Å²) in [5.74, 6) is -1.16. The van der Waals surface area contributed by atoms with E-state index in [-0.39, 0.29) is 12.0 Å². The summed E-state index contributed by atoms with van der Waals surface area (Å²) < 4.78 is 52.5. The molecule has 0 spiro atoms. The number of ether oxygens (including phenoxy) is 2. The number of nitrogens with zero attached hydrogens (tertiary/aromatic N) is 4. The molecular weight excluding hydrogens is 593 g/mol. The lowest BCUT2D eigenvalue weighted by Gasteiger charge is -2.38. The molecular formula is C25H27BrClF3N4O4. The molecule has 1 aromatic carbocycles. The molecule has 0 saturated carbocycles. The van der Waals surface area contributed by atoms with E-state index in [0.29, 0.717) is 46.3 Å². The number of carboxylic acid groups (broad SMARTS) is 1. The predicted octanol–water partition coefficient (Wildman–Crippen LogP) is 6.02. The summed E-state index contributed by atoms with van der Waals surface area (Å²) in [6, 6.07) is 5.68. The molecule has 0 amide bonds. The molecule has 0 aliphatic carbocycles. The number of piperidine rings is 1. The Balaban J connectivity index is 1.49. The number of aromatic nitrogens is 1. The van der Waals surface area contributed by atoms with Crippen LogP contribution in [0.2, 0.25) is 5.02 Å². The Hall–Kier alpha value is -2.73. The average Bonchev–Trinajstić information content (AvgIpc) is 3.17. The first-order valence-electron chi connectivity index (χ1n) is 12.0. The maximum absolute atomic E-state index is 13.5. The number of aliphatic carboxylic acids is 1. The normalized spacial score (nSPS) is 23.8.